The molecule has 0 atom stereocenters. The number of hydrogen-bond donors (Lipinski definition) is 2. The topological polar surface area (TPSA) is 40.8 Å². The number of nitrogens with one attached hydrogen (secondary N) is 2. The molecule has 108 valence electrons. The second kappa shape index (κ2) is 5.61. The Morgan fingerprint density at radius 2 is 1.90 bits per heavy atom. The molecule has 0 fully saturated rings. The highest BCUT2D eigenvalue weighted by molar-refractivity contribution is 5.36. The van der Waals surface area contributed by atoms with Crippen molar-refractivity contribution in [3.8, 4) is 0 Å². The number of H-pyrrole nitrogens is 2. The van der Waals surface area contributed by atoms with Gasteiger partial charge >= 0.3 is 0 Å². The van der Waals surface area contributed by atoms with E-state index in [-0.39, 0.29) is 5.41 Å². The Bertz CT molecular complexity index is 575. The van der Waals surface area contributed by atoms with Crippen LogP contribution in [0, 0.1) is 12.3 Å². The van der Waals surface area contributed by atoms with Gasteiger partial charge in [-0.25, -0.2) is 0 Å². The van der Waals surface area contributed by atoms with Crippen molar-refractivity contribution in [1.82, 2.24) is 10.2 Å². The minimum Gasteiger partial charge on any atom is -0.493 e. The fourth-order valence-corrected chi connectivity index (χ4v) is 1.94. The Morgan fingerprint density at radius 3 is 2.45 bits per heavy atom. The molecule has 1 aromatic heterocycles. The van der Waals surface area contributed by atoms with Crippen molar-refractivity contribution in [2.24, 2.45) is 5.41 Å². The number of aromatic amines is 2. The van der Waals surface area contributed by atoms with Gasteiger partial charge in [-0.2, -0.15) is 0 Å². The minimum absolute atomic E-state index is 0.0160. The summed E-state index contributed by atoms with van der Waals surface area (Å²) in [5.41, 5.74) is 5.04. The zero-order valence-electron chi connectivity index (χ0n) is 12.8. The lowest BCUT2D eigenvalue weighted by molar-refractivity contribution is 0.141. The Labute approximate surface area is 121 Å². The maximum atomic E-state index is 5.84. The number of hydrogen-bond acceptors (Lipinski definition) is 1. The molecule has 0 aliphatic rings. The second-order valence-corrected chi connectivity index (χ2v) is 6.28. The average Bonchev–Trinajstić information content (AvgIpc) is 2.32. The second-order valence-electron chi connectivity index (χ2n) is 6.28. The van der Waals surface area contributed by atoms with Crippen molar-refractivity contribution in [2.45, 2.75) is 40.7 Å². The van der Waals surface area contributed by atoms with E-state index in [1.165, 1.54) is 22.4 Å². The third-order valence-electron chi connectivity index (χ3n) is 3.66. The molecule has 0 bridgehead atoms. The Kier molecular flexibility index (Phi) is 4.07. The largest absolute Gasteiger partial charge is 0.493 e. The van der Waals surface area contributed by atoms with Crippen LogP contribution < -0.4 is 0 Å². The number of aromatic nitrogens is 2. The Balaban J connectivity index is 2.06. The standard InChI is InChI=1S/C17H24N2O/c1-12-14(9-16-10-18-19-16)7-6-8-15(12)11-20-13(2)17(3,4)5/h6-8,10,18-19H,2,9,11H2,1,3-5H3. The normalized spacial score (nSPS) is 11.6. The highest BCUT2D eigenvalue weighted by Crippen LogP contribution is 2.26. The van der Waals surface area contributed by atoms with Crippen molar-refractivity contribution in [1.29, 1.82) is 0 Å². The molecule has 2 aromatic rings. The van der Waals surface area contributed by atoms with Gasteiger partial charge in [-0.3, -0.25) is 0 Å². The number of rotatable bonds is 5. The molecule has 0 unspecified atom stereocenters. The number of allylic oxidation sites excluding steroid dienone is 1. The molecule has 2 N–H and O–H groups in total. The zero-order valence-corrected chi connectivity index (χ0v) is 12.8. The van der Waals surface area contributed by atoms with Gasteiger partial charge in [0.05, 0.1) is 11.5 Å². The molecule has 0 aliphatic carbocycles. The van der Waals surface area contributed by atoms with E-state index in [0.717, 1.165) is 12.2 Å². The molecule has 3 nitrogen and oxygen atoms in total. The molecule has 0 spiro atoms. The molecule has 2 rings (SSSR count). The average molecular weight is 272 g/mol. The predicted molar refractivity (Wildman–Crippen MR) is 82.5 cm³/mol. The predicted octanol–water partition coefficient (Wildman–Crippen LogP) is 4.32. The fraction of sp³-hybridized carbons (Fsp3) is 0.412. The van der Waals surface area contributed by atoms with Gasteiger partial charge in [-0.15, -0.1) is 0 Å². The third kappa shape index (κ3) is 3.35. The molecule has 0 aliphatic heterocycles. The van der Waals surface area contributed by atoms with Crippen molar-refractivity contribution in [2.75, 3.05) is 0 Å². The first-order chi connectivity index (χ1) is 9.38. The molecule has 1 heterocycles. The molecule has 1 aromatic carbocycles. The van der Waals surface area contributed by atoms with Crippen molar-refractivity contribution in [3.63, 3.8) is 0 Å². The van der Waals surface area contributed by atoms with Gasteiger partial charge in [0.1, 0.15) is 6.61 Å². The van der Waals surface area contributed by atoms with Crippen LogP contribution in [0.3, 0.4) is 0 Å². The number of ether oxygens (including phenoxy) is 1. The van der Waals surface area contributed by atoms with Gasteiger partial charge < -0.3 is 14.9 Å². The van der Waals surface area contributed by atoms with Gasteiger partial charge in [-0.1, -0.05) is 45.5 Å². The van der Waals surface area contributed by atoms with E-state index in [2.05, 4.69) is 62.7 Å². The van der Waals surface area contributed by atoms with E-state index >= 15 is 0 Å². The summed E-state index contributed by atoms with van der Waals surface area (Å²) in [4.78, 5) is 0. The smallest absolute Gasteiger partial charge is 0.113 e. The molecular formula is C17H24N2O. The summed E-state index contributed by atoms with van der Waals surface area (Å²) >= 11 is 0. The Hall–Kier alpha value is -1.90. The van der Waals surface area contributed by atoms with Gasteiger partial charge in [0.25, 0.3) is 0 Å². The van der Waals surface area contributed by atoms with Crippen LogP contribution in [0.15, 0.2) is 36.7 Å². The summed E-state index contributed by atoms with van der Waals surface area (Å²) in [7, 11) is 0. The maximum absolute atomic E-state index is 5.84. The van der Waals surface area contributed by atoms with Crippen LogP contribution in [0.1, 0.15) is 43.2 Å². The van der Waals surface area contributed by atoms with Crippen LogP contribution in [0.5, 0.6) is 0 Å². The van der Waals surface area contributed by atoms with E-state index in [0.29, 0.717) is 6.61 Å². The first-order valence-electron chi connectivity index (χ1n) is 6.98. The zero-order chi connectivity index (χ0) is 14.8. The van der Waals surface area contributed by atoms with E-state index in [4.69, 9.17) is 4.74 Å². The van der Waals surface area contributed by atoms with E-state index < -0.39 is 0 Å². The van der Waals surface area contributed by atoms with Crippen LogP contribution >= 0.6 is 0 Å². The monoisotopic (exact) mass is 272 g/mol. The fourth-order valence-electron chi connectivity index (χ4n) is 1.94. The number of benzene rings is 1. The Morgan fingerprint density at radius 1 is 1.25 bits per heavy atom. The molecule has 0 amide bonds. The first-order valence-corrected chi connectivity index (χ1v) is 6.98. The highest BCUT2D eigenvalue weighted by Gasteiger charge is 2.17. The summed E-state index contributed by atoms with van der Waals surface area (Å²) in [6.07, 6.45) is 2.91. The molecule has 0 saturated carbocycles. The van der Waals surface area contributed by atoms with Crippen LogP contribution in [-0.2, 0) is 17.8 Å². The van der Waals surface area contributed by atoms with Crippen molar-refractivity contribution < 1.29 is 4.74 Å². The summed E-state index contributed by atoms with van der Waals surface area (Å²) in [5, 5.41) is 6.00. The summed E-state index contributed by atoms with van der Waals surface area (Å²) in [5.74, 6) is 0.829. The van der Waals surface area contributed by atoms with Gasteiger partial charge in [0.2, 0.25) is 0 Å². The summed E-state index contributed by atoms with van der Waals surface area (Å²) < 4.78 is 5.84. The van der Waals surface area contributed by atoms with Crippen molar-refractivity contribution in [3.05, 3.63) is 59.1 Å². The SMILES string of the molecule is C=C(OCc1cccc(Cc2c[nH][nH]2)c1C)C(C)(C)C. The van der Waals surface area contributed by atoms with Gasteiger partial charge in [-0.05, 0) is 23.6 Å². The van der Waals surface area contributed by atoms with E-state index in [9.17, 15) is 0 Å². The van der Waals surface area contributed by atoms with Gasteiger partial charge in [0.15, 0.2) is 0 Å². The van der Waals surface area contributed by atoms with Crippen LogP contribution in [-0.4, -0.2) is 10.2 Å². The van der Waals surface area contributed by atoms with Crippen molar-refractivity contribution >= 4 is 0 Å². The van der Waals surface area contributed by atoms with E-state index in [1.807, 2.05) is 6.20 Å². The maximum Gasteiger partial charge on any atom is 0.113 e. The first kappa shape index (κ1) is 14.5. The molecule has 20 heavy (non-hydrogen) atoms. The van der Waals surface area contributed by atoms with Crippen LogP contribution in [0.4, 0.5) is 0 Å². The lowest BCUT2D eigenvalue weighted by Crippen LogP contribution is -2.12. The molecule has 3 heteroatoms. The lowest BCUT2D eigenvalue weighted by atomic mass is 9.94. The quantitative estimate of drug-likeness (QED) is 0.782. The molecule has 0 radical (unpaired) electrons. The highest BCUT2D eigenvalue weighted by atomic mass is 16.5. The molecular weight excluding hydrogens is 248 g/mol. The summed E-state index contributed by atoms with van der Waals surface area (Å²) in [6.45, 7) is 13.1. The van der Waals surface area contributed by atoms with Crippen LogP contribution in [0.25, 0.3) is 0 Å². The summed E-state index contributed by atoms with van der Waals surface area (Å²) in [6, 6.07) is 6.38. The van der Waals surface area contributed by atoms with E-state index in [1.54, 1.807) is 0 Å². The van der Waals surface area contributed by atoms with Gasteiger partial charge in [0, 0.05) is 18.0 Å². The van der Waals surface area contributed by atoms with Crippen LogP contribution in [0.2, 0.25) is 0 Å². The minimum atomic E-state index is -0.0160. The third-order valence-corrected chi connectivity index (χ3v) is 3.66. The molecule has 0 saturated heterocycles. The lowest BCUT2D eigenvalue weighted by Gasteiger charge is -2.23.